The van der Waals surface area contributed by atoms with E-state index >= 15 is 0 Å². The van der Waals surface area contributed by atoms with Crippen molar-refractivity contribution in [3.05, 3.63) is 22.7 Å². The summed E-state index contributed by atoms with van der Waals surface area (Å²) in [4.78, 5) is 39.7. The molecule has 0 saturated carbocycles. The zero-order chi connectivity index (χ0) is 19.9. The van der Waals surface area contributed by atoms with Crippen molar-refractivity contribution < 1.29 is 23.9 Å². The number of urea groups is 1. The summed E-state index contributed by atoms with van der Waals surface area (Å²) in [6.07, 6.45) is 1.79. The number of rotatable bonds is 2. The van der Waals surface area contributed by atoms with Crippen LogP contribution in [0.15, 0.2) is 12.1 Å². The Morgan fingerprint density at radius 3 is 2.61 bits per heavy atom. The highest BCUT2D eigenvalue weighted by atomic mass is 35.5. The Morgan fingerprint density at radius 2 is 1.93 bits per heavy atom. The van der Waals surface area contributed by atoms with Crippen molar-refractivity contribution in [2.45, 2.75) is 31.2 Å². The van der Waals surface area contributed by atoms with Crippen LogP contribution in [0.4, 0.5) is 4.79 Å². The Balaban J connectivity index is 1.42. The van der Waals surface area contributed by atoms with E-state index in [4.69, 9.17) is 21.1 Å². The first-order chi connectivity index (χ1) is 13.4. The maximum atomic E-state index is 12.8. The van der Waals surface area contributed by atoms with E-state index in [1.807, 2.05) is 0 Å². The van der Waals surface area contributed by atoms with Crippen LogP contribution in [0, 0.1) is 0 Å². The maximum absolute atomic E-state index is 12.8. The van der Waals surface area contributed by atoms with Crippen LogP contribution in [0.5, 0.6) is 11.5 Å². The molecule has 0 aromatic heterocycles. The number of nitrogens with zero attached hydrogens (tertiary/aromatic N) is 2. The molecule has 3 heterocycles. The molecular weight excluding hydrogens is 386 g/mol. The molecule has 9 heteroatoms. The molecule has 4 rings (SSSR count). The number of hydrogen-bond acceptors (Lipinski definition) is 5. The molecule has 3 aliphatic heterocycles. The average molecular weight is 408 g/mol. The molecule has 28 heavy (non-hydrogen) atoms. The number of piperidine rings is 1. The molecule has 0 aliphatic carbocycles. The first-order valence-corrected chi connectivity index (χ1v) is 9.73. The Labute approximate surface area is 167 Å². The zero-order valence-electron chi connectivity index (χ0n) is 15.6. The predicted molar refractivity (Wildman–Crippen MR) is 101 cm³/mol. The standard InChI is InChI=1S/C19H22ClN3O5/c1-22-17(25)19(21-18(22)26)3-5-23(6-4-19)15(24)11-12-9-13(20)16-14(10-12)27-7-2-8-28-16/h9-10H,2-8,11H2,1H3,(H,21,26). The monoisotopic (exact) mass is 407 g/mol. The third-order valence-corrected chi connectivity index (χ3v) is 5.83. The van der Waals surface area contributed by atoms with E-state index in [0.29, 0.717) is 55.7 Å². The second-order valence-electron chi connectivity index (χ2n) is 7.39. The van der Waals surface area contributed by atoms with Gasteiger partial charge in [0.1, 0.15) is 5.54 Å². The summed E-state index contributed by atoms with van der Waals surface area (Å²) >= 11 is 6.30. The minimum Gasteiger partial charge on any atom is -0.489 e. The fourth-order valence-electron chi connectivity index (χ4n) is 3.90. The van der Waals surface area contributed by atoms with Gasteiger partial charge in [-0.2, -0.15) is 0 Å². The number of nitrogens with one attached hydrogen (secondary N) is 1. The highest BCUT2D eigenvalue weighted by molar-refractivity contribution is 6.32. The van der Waals surface area contributed by atoms with Crippen molar-refractivity contribution in [3.63, 3.8) is 0 Å². The summed E-state index contributed by atoms with van der Waals surface area (Å²) < 4.78 is 11.3. The molecule has 150 valence electrons. The molecular formula is C19H22ClN3O5. The summed E-state index contributed by atoms with van der Waals surface area (Å²) in [5, 5.41) is 3.21. The van der Waals surface area contributed by atoms with Gasteiger partial charge in [0.05, 0.1) is 24.7 Å². The van der Waals surface area contributed by atoms with Crippen LogP contribution in [0.2, 0.25) is 5.02 Å². The lowest BCUT2D eigenvalue weighted by Gasteiger charge is -2.37. The van der Waals surface area contributed by atoms with Gasteiger partial charge >= 0.3 is 6.03 Å². The van der Waals surface area contributed by atoms with Gasteiger partial charge in [0, 0.05) is 26.6 Å². The van der Waals surface area contributed by atoms with Gasteiger partial charge in [0.2, 0.25) is 5.91 Å². The van der Waals surface area contributed by atoms with Gasteiger partial charge in [-0.1, -0.05) is 11.6 Å². The first-order valence-electron chi connectivity index (χ1n) is 9.36. The maximum Gasteiger partial charge on any atom is 0.324 e. The Hall–Kier alpha value is -2.48. The third kappa shape index (κ3) is 3.26. The molecule has 3 aliphatic rings. The van der Waals surface area contributed by atoms with Gasteiger partial charge in [-0.05, 0) is 30.5 Å². The van der Waals surface area contributed by atoms with Crippen LogP contribution in [-0.2, 0) is 16.0 Å². The molecule has 8 nitrogen and oxygen atoms in total. The SMILES string of the molecule is CN1C(=O)NC2(CCN(C(=O)Cc3cc(Cl)c4c(c3)OCCCO4)CC2)C1=O. The van der Waals surface area contributed by atoms with E-state index in [2.05, 4.69) is 5.32 Å². The number of carbonyl (C=O) groups excluding carboxylic acids is 3. The largest absolute Gasteiger partial charge is 0.489 e. The van der Waals surface area contributed by atoms with Gasteiger partial charge in [-0.15, -0.1) is 0 Å². The van der Waals surface area contributed by atoms with Crippen LogP contribution < -0.4 is 14.8 Å². The highest BCUT2D eigenvalue weighted by Gasteiger charge is 2.51. The summed E-state index contributed by atoms with van der Waals surface area (Å²) in [6.45, 7) is 1.92. The fraction of sp³-hybridized carbons (Fsp3) is 0.526. The van der Waals surface area contributed by atoms with E-state index in [1.54, 1.807) is 17.0 Å². The second-order valence-corrected chi connectivity index (χ2v) is 7.80. The first kappa shape index (κ1) is 18.9. The molecule has 0 bridgehead atoms. The van der Waals surface area contributed by atoms with Crippen molar-refractivity contribution >= 4 is 29.4 Å². The summed E-state index contributed by atoms with van der Waals surface area (Å²) in [6, 6.07) is 3.14. The van der Waals surface area contributed by atoms with Crippen LogP contribution in [-0.4, -0.2) is 66.5 Å². The van der Waals surface area contributed by atoms with E-state index in [0.717, 1.165) is 16.9 Å². The fourth-order valence-corrected chi connectivity index (χ4v) is 4.19. The number of imide groups is 1. The summed E-state index contributed by atoms with van der Waals surface area (Å²) in [5.74, 6) is 0.812. The van der Waals surface area contributed by atoms with E-state index in [9.17, 15) is 14.4 Å². The predicted octanol–water partition coefficient (Wildman–Crippen LogP) is 1.59. The van der Waals surface area contributed by atoms with Crippen molar-refractivity contribution in [2.24, 2.45) is 0 Å². The van der Waals surface area contributed by atoms with Gasteiger partial charge in [0.15, 0.2) is 11.5 Å². The molecule has 1 aromatic carbocycles. The number of likely N-dealkylation sites (tertiary alicyclic amines) is 1. The number of carbonyl (C=O) groups is 3. The minimum atomic E-state index is -0.874. The van der Waals surface area contributed by atoms with E-state index in [1.165, 1.54) is 7.05 Å². The molecule has 2 fully saturated rings. The van der Waals surface area contributed by atoms with Gasteiger partial charge in [-0.25, -0.2) is 4.79 Å². The Bertz CT molecular complexity index is 835. The lowest BCUT2D eigenvalue weighted by Crippen LogP contribution is -2.56. The lowest BCUT2D eigenvalue weighted by atomic mass is 9.87. The molecule has 1 aromatic rings. The lowest BCUT2D eigenvalue weighted by molar-refractivity contribution is -0.137. The van der Waals surface area contributed by atoms with Gasteiger partial charge in [-0.3, -0.25) is 14.5 Å². The normalized spacial score (nSPS) is 20.9. The number of hydrogen-bond donors (Lipinski definition) is 1. The molecule has 1 N–H and O–H groups in total. The van der Waals surface area contributed by atoms with Crippen LogP contribution in [0.25, 0.3) is 0 Å². The molecule has 0 unspecified atom stereocenters. The van der Waals surface area contributed by atoms with Crippen LogP contribution >= 0.6 is 11.6 Å². The van der Waals surface area contributed by atoms with E-state index in [-0.39, 0.29) is 24.3 Å². The summed E-state index contributed by atoms with van der Waals surface area (Å²) in [5.41, 5.74) is -0.120. The second kappa shape index (κ2) is 7.16. The molecule has 4 amide bonds. The van der Waals surface area contributed by atoms with Crippen molar-refractivity contribution in [3.8, 4) is 11.5 Å². The van der Waals surface area contributed by atoms with Crippen LogP contribution in [0.1, 0.15) is 24.8 Å². The van der Waals surface area contributed by atoms with Crippen molar-refractivity contribution in [1.29, 1.82) is 0 Å². The number of fused-ring (bicyclic) bond motifs is 1. The Kier molecular flexibility index (Phi) is 4.82. The van der Waals surface area contributed by atoms with Gasteiger partial charge < -0.3 is 19.7 Å². The number of likely N-dealkylation sites (N-methyl/N-ethyl adjacent to an activating group) is 1. The third-order valence-electron chi connectivity index (χ3n) is 5.55. The number of benzene rings is 1. The molecule has 2 saturated heterocycles. The van der Waals surface area contributed by atoms with Crippen molar-refractivity contribution in [1.82, 2.24) is 15.1 Å². The zero-order valence-corrected chi connectivity index (χ0v) is 16.4. The van der Waals surface area contributed by atoms with Crippen molar-refractivity contribution in [2.75, 3.05) is 33.4 Å². The van der Waals surface area contributed by atoms with E-state index < -0.39 is 5.54 Å². The Morgan fingerprint density at radius 1 is 1.21 bits per heavy atom. The molecule has 0 atom stereocenters. The number of amides is 4. The number of halogens is 1. The summed E-state index contributed by atoms with van der Waals surface area (Å²) in [7, 11) is 1.47. The van der Waals surface area contributed by atoms with Crippen LogP contribution in [0.3, 0.4) is 0 Å². The topological polar surface area (TPSA) is 88.2 Å². The minimum absolute atomic E-state index is 0.0504. The number of ether oxygens (including phenoxy) is 2. The quantitative estimate of drug-likeness (QED) is 0.752. The smallest absolute Gasteiger partial charge is 0.324 e. The highest BCUT2D eigenvalue weighted by Crippen LogP contribution is 2.38. The van der Waals surface area contributed by atoms with Gasteiger partial charge in [0.25, 0.3) is 5.91 Å². The average Bonchev–Trinajstić information content (AvgIpc) is 2.86. The molecule has 0 radical (unpaired) electrons. The molecule has 1 spiro atoms.